The molecule has 2 rings (SSSR count). The number of thiocarbonyl (C=S) groups is 1. The van der Waals surface area contributed by atoms with Crippen LogP contribution in [0, 0.1) is 0 Å². The van der Waals surface area contributed by atoms with Crippen molar-refractivity contribution in [1.29, 1.82) is 0 Å². The zero-order chi connectivity index (χ0) is 23.3. The summed E-state index contributed by atoms with van der Waals surface area (Å²) in [5, 5.41) is 5.06. The Bertz CT molecular complexity index is 956. The lowest BCUT2D eigenvalue weighted by atomic mass is 10.2. The van der Waals surface area contributed by atoms with Gasteiger partial charge in [-0.05, 0) is 57.8 Å². The van der Waals surface area contributed by atoms with Crippen LogP contribution in [-0.4, -0.2) is 29.4 Å². The van der Waals surface area contributed by atoms with E-state index in [-0.39, 0.29) is 30.5 Å². The molecule has 0 radical (unpaired) electrons. The average molecular weight is 521 g/mol. The maximum Gasteiger partial charge on any atom is 0.264 e. The summed E-state index contributed by atoms with van der Waals surface area (Å²) in [5.41, 5.74) is 6.88. The minimum absolute atomic E-state index is 0.0268. The van der Waals surface area contributed by atoms with Crippen LogP contribution in [0.2, 0.25) is 0 Å². The second-order valence-corrected chi connectivity index (χ2v) is 7.98. The zero-order valence-electron chi connectivity index (χ0n) is 17.6. The Morgan fingerprint density at radius 1 is 0.938 bits per heavy atom. The maximum atomic E-state index is 12.0. The lowest BCUT2D eigenvalue weighted by molar-refractivity contribution is -0.126. The van der Waals surface area contributed by atoms with Crippen molar-refractivity contribution in [2.45, 2.75) is 32.7 Å². The van der Waals surface area contributed by atoms with Crippen LogP contribution in [0.4, 0.5) is 0 Å². The average Bonchev–Trinajstić information content (AvgIpc) is 2.79. The lowest BCUT2D eigenvalue weighted by Gasteiger charge is -2.12. The molecular formula is C22H25BrN4O4S. The lowest BCUT2D eigenvalue weighted by Crippen LogP contribution is -2.49. The third-order valence-corrected chi connectivity index (χ3v) is 5.07. The Morgan fingerprint density at radius 2 is 1.66 bits per heavy atom. The standard InChI is InChI=1S/C22H25BrN4O4S/c1-2-15-8-9-18(17(23)12-15)31-14-21(30)25-22(32)27-26-20(29)11-10-19(28)24-13-16-6-4-3-5-7-16/h3-9,12H,2,10-11,13-14H2,1H3,(H,24,28)(H,26,29)(H2,25,27,30,32). The van der Waals surface area contributed by atoms with Gasteiger partial charge in [-0.15, -0.1) is 0 Å². The highest BCUT2D eigenvalue weighted by Gasteiger charge is 2.10. The third-order valence-electron chi connectivity index (χ3n) is 4.24. The molecule has 0 aliphatic heterocycles. The summed E-state index contributed by atoms with van der Waals surface area (Å²) < 4.78 is 6.22. The predicted octanol–water partition coefficient (Wildman–Crippen LogP) is 2.51. The van der Waals surface area contributed by atoms with Crippen LogP contribution >= 0.6 is 28.1 Å². The van der Waals surface area contributed by atoms with Crippen molar-refractivity contribution < 1.29 is 19.1 Å². The van der Waals surface area contributed by atoms with Gasteiger partial charge in [0.1, 0.15) is 5.75 Å². The quantitative estimate of drug-likeness (QED) is 0.299. The van der Waals surface area contributed by atoms with E-state index in [2.05, 4.69) is 37.4 Å². The largest absolute Gasteiger partial charge is 0.483 e. The van der Waals surface area contributed by atoms with Crippen molar-refractivity contribution >= 4 is 51.0 Å². The smallest absolute Gasteiger partial charge is 0.264 e. The number of hydrazine groups is 1. The topological polar surface area (TPSA) is 109 Å². The molecule has 32 heavy (non-hydrogen) atoms. The molecule has 0 aromatic heterocycles. The number of nitrogens with one attached hydrogen (secondary N) is 4. The van der Waals surface area contributed by atoms with E-state index in [1.54, 1.807) is 6.07 Å². The summed E-state index contributed by atoms with van der Waals surface area (Å²) in [6, 6.07) is 15.1. The second kappa shape index (κ2) is 13.4. The summed E-state index contributed by atoms with van der Waals surface area (Å²) in [4.78, 5) is 35.7. The van der Waals surface area contributed by atoms with Crippen LogP contribution in [-0.2, 0) is 27.3 Å². The Hall–Kier alpha value is -2.98. The number of ether oxygens (including phenoxy) is 1. The summed E-state index contributed by atoms with van der Waals surface area (Å²) in [5.74, 6) is -0.624. The van der Waals surface area contributed by atoms with E-state index in [1.807, 2.05) is 49.4 Å². The van der Waals surface area contributed by atoms with Crippen LogP contribution in [0.25, 0.3) is 0 Å². The monoisotopic (exact) mass is 520 g/mol. The molecule has 2 aromatic carbocycles. The minimum Gasteiger partial charge on any atom is -0.483 e. The van der Waals surface area contributed by atoms with E-state index in [1.165, 1.54) is 0 Å². The first-order chi connectivity index (χ1) is 15.4. The van der Waals surface area contributed by atoms with Gasteiger partial charge in [-0.25, -0.2) is 0 Å². The van der Waals surface area contributed by atoms with Crippen molar-refractivity contribution in [2.24, 2.45) is 0 Å². The summed E-state index contributed by atoms with van der Waals surface area (Å²) in [6.45, 7) is 2.20. The number of carbonyl (C=O) groups excluding carboxylic acids is 3. The molecule has 3 amide bonds. The number of amides is 3. The maximum absolute atomic E-state index is 12.0. The van der Waals surface area contributed by atoms with Gasteiger partial charge in [-0.3, -0.25) is 30.6 Å². The summed E-state index contributed by atoms with van der Waals surface area (Å²) in [7, 11) is 0. The van der Waals surface area contributed by atoms with Gasteiger partial charge in [-0.2, -0.15) is 0 Å². The van der Waals surface area contributed by atoms with Gasteiger partial charge in [0, 0.05) is 19.4 Å². The fraction of sp³-hybridized carbons (Fsp3) is 0.273. The van der Waals surface area contributed by atoms with Crippen LogP contribution in [0.3, 0.4) is 0 Å². The number of halogens is 1. The van der Waals surface area contributed by atoms with Gasteiger partial charge in [0.25, 0.3) is 5.91 Å². The molecule has 0 aliphatic rings. The van der Waals surface area contributed by atoms with E-state index in [4.69, 9.17) is 17.0 Å². The Morgan fingerprint density at radius 3 is 2.34 bits per heavy atom. The van der Waals surface area contributed by atoms with E-state index in [0.717, 1.165) is 22.0 Å². The van der Waals surface area contributed by atoms with Crippen LogP contribution in [0.5, 0.6) is 5.75 Å². The number of benzene rings is 2. The second-order valence-electron chi connectivity index (χ2n) is 6.72. The first-order valence-electron chi connectivity index (χ1n) is 9.98. The molecule has 4 N–H and O–H groups in total. The van der Waals surface area contributed by atoms with Crippen LogP contribution in [0.15, 0.2) is 53.0 Å². The zero-order valence-corrected chi connectivity index (χ0v) is 20.0. The van der Waals surface area contributed by atoms with Crippen LogP contribution < -0.4 is 26.2 Å². The molecule has 0 fully saturated rings. The molecule has 170 valence electrons. The van der Waals surface area contributed by atoms with E-state index < -0.39 is 11.8 Å². The van der Waals surface area contributed by atoms with Gasteiger partial charge in [0.15, 0.2) is 11.7 Å². The van der Waals surface area contributed by atoms with E-state index in [0.29, 0.717) is 12.3 Å². The number of hydrogen-bond acceptors (Lipinski definition) is 5. The predicted molar refractivity (Wildman–Crippen MR) is 129 cm³/mol. The Kier molecular flexibility index (Phi) is 10.6. The molecule has 0 aliphatic carbocycles. The van der Waals surface area contributed by atoms with Crippen molar-refractivity contribution in [3.8, 4) is 5.75 Å². The summed E-state index contributed by atoms with van der Waals surface area (Å²) in [6.07, 6.45) is 0.886. The third kappa shape index (κ3) is 9.44. The number of carbonyl (C=O) groups is 3. The first-order valence-corrected chi connectivity index (χ1v) is 11.2. The SMILES string of the molecule is CCc1ccc(OCC(=O)NC(=S)NNC(=O)CCC(=O)NCc2ccccc2)c(Br)c1. The van der Waals surface area contributed by atoms with Gasteiger partial charge in [-0.1, -0.05) is 43.3 Å². The van der Waals surface area contributed by atoms with Gasteiger partial charge in [0.05, 0.1) is 4.47 Å². The highest BCUT2D eigenvalue weighted by atomic mass is 79.9. The number of rotatable bonds is 9. The molecule has 0 saturated heterocycles. The normalized spacial score (nSPS) is 10.1. The van der Waals surface area contributed by atoms with E-state index in [9.17, 15) is 14.4 Å². The Balaban J connectivity index is 1.60. The molecule has 0 heterocycles. The molecule has 0 spiro atoms. The van der Waals surface area contributed by atoms with Gasteiger partial charge >= 0.3 is 0 Å². The van der Waals surface area contributed by atoms with Crippen LogP contribution in [0.1, 0.15) is 30.9 Å². The highest BCUT2D eigenvalue weighted by molar-refractivity contribution is 9.10. The van der Waals surface area contributed by atoms with Gasteiger partial charge in [0.2, 0.25) is 11.8 Å². The summed E-state index contributed by atoms with van der Waals surface area (Å²) >= 11 is 8.37. The molecule has 8 nitrogen and oxygen atoms in total. The van der Waals surface area contributed by atoms with Crippen molar-refractivity contribution in [3.63, 3.8) is 0 Å². The number of hydrogen-bond donors (Lipinski definition) is 4. The highest BCUT2D eigenvalue weighted by Crippen LogP contribution is 2.26. The molecule has 0 saturated carbocycles. The fourth-order valence-corrected chi connectivity index (χ4v) is 3.23. The number of aryl methyl sites for hydroxylation is 1. The molecule has 2 aromatic rings. The minimum atomic E-state index is -0.483. The molecule has 10 heteroatoms. The van der Waals surface area contributed by atoms with Crippen molar-refractivity contribution in [3.05, 3.63) is 64.1 Å². The molecule has 0 unspecified atom stereocenters. The Labute approximate surface area is 200 Å². The van der Waals surface area contributed by atoms with E-state index >= 15 is 0 Å². The first kappa shape index (κ1) is 25.3. The molecule has 0 bridgehead atoms. The molecule has 0 atom stereocenters. The van der Waals surface area contributed by atoms with Gasteiger partial charge < -0.3 is 10.1 Å². The fourth-order valence-electron chi connectivity index (χ4n) is 2.52. The van der Waals surface area contributed by atoms with Crippen molar-refractivity contribution in [2.75, 3.05) is 6.61 Å². The van der Waals surface area contributed by atoms with Crippen molar-refractivity contribution in [1.82, 2.24) is 21.5 Å². The molecular weight excluding hydrogens is 496 g/mol.